The summed E-state index contributed by atoms with van der Waals surface area (Å²) >= 11 is 0. The summed E-state index contributed by atoms with van der Waals surface area (Å²) in [6.45, 7) is 0. The average Bonchev–Trinajstić information content (AvgIpc) is 3.30. The molecule has 168 valence electrons. The predicted octanol–water partition coefficient (Wildman–Crippen LogP) is 3.49. The second kappa shape index (κ2) is 9.07. The highest BCUT2D eigenvalue weighted by Crippen LogP contribution is 2.24. The number of aryl methyl sites for hydroxylation is 2. The summed E-state index contributed by atoms with van der Waals surface area (Å²) in [6, 6.07) is 18.8. The van der Waals surface area contributed by atoms with E-state index in [4.69, 9.17) is 4.98 Å². The Morgan fingerprint density at radius 1 is 1.00 bits per heavy atom. The number of rotatable bonds is 6. The van der Waals surface area contributed by atoms with Crippen molar-refractivity contribution in [3.05, 3.63) is 112 Å². The highest BCUT2D eigenvalue weighted by Gasteiger charge is 2.19. The highest BCUT2D eigenvalue weighted by atomic mass is 19.1. The second-order valence-electron chi connectivity index (χ2n) is 7.64. The van der Waals surface area contributed by atoms with Crippen LogP contribution in [-0.2, 0) is 12.8 Å². The first-order valence-electron chi connectivity index (χ1n) is 10.6. The van der Waals surface area contributed by atoms with E-state index in [1.807, 2.05) is 30.3 Å². The summed E-state index contributed by atoms with van der Waals surface area (Å²) in [5.41, 5.74) is 5.05. The quantitative estimate of drug-likeness (QED) is 0.409. The Kier molecular flexibility index (Phi) is 5.65. The van der Waals surface area contributed by atoms with E-state index in [9.17, 15) is 14.0 Å². The first-order valence-corrected chi connectivity index (χ1v) is 10.6. The number of carbonyl (C=O) groups excluding carboxylic acids is 1. The van der Waals surface area contributed by atoms with Crippen LogP contribution in [0, 0.1) is 5.82 Å². The number of pyridine rings is 1. The van der Waals surface area contributed by atoms with E-state index in [1.54, 1.807) is 30.5 Å². The summed E-state index contributed by atoms with van der Waals surface area (Å²) in [5.74, 6) is -0.500. The Balaban J connectivity index is 1.59. The fourth-order valence-electron chi connectivity index (χ4n) is 3.66. The molecule has 0 bridgehead atoms. The molecular formula is C25H19FN6O2. The van der Waals surface area contributed by atoms with Gasteiger partial charge in [0, 0.05) is 24.4 Å². The van der Waals surface area contributed by atoms with Gasteiger partial charge in [-0.2, -0.15) is 5.10 Å². The zero-order valence-corrected chi connectivity index (χ0v) is 17.9. The van der Waals surface area contributed by atoms with Gasteiger partial charge in [-0.25, -0.2) is 14.1 Å². The molecule has 0 unspecified atom stereocenters. The van der Waals surface area contributed by atoms with Crippen LogP contribution in [0.4, 0.5) is 4.39 Å². The summed E-state index contributed by atoms with van der Waals surface area (Å²) in [7, 11) is 0. The van der Waals surface area contributed by atoms with E-state index in [1.165, 1.54) is 18.3 Å². The SMILES string of the molecule is O=C(Nn1c(CCc2ccccc2)nc2c(-c3ccc(F)cc3)n[nH]c2c1=O)c1cccnc1. The molecule has 3 aromatic heterocycles. The van der Waals surface area contributed by atoms with Crippen LogP contribution in [0.5, 0.6) is 0 Å². The molecule has 0 aliphatic rings. The van der Waals surface area contributed by atoms with Crippen molar-refractivity contribution < 1.29 is 9.18 Å². The molecule has 5 aromatic rings. The molecule has 2 aromatic carbocycles. The van der Waals surface area contributed by atoms with Gasteiger partial charge in [0.15, 0.2) is 5.52 Å². The molecule has 2 N–H and O–H groups in total. The molecule has 8 nitrogen and oxygen atoms in total. The van der Waals surface area contributed by atoms with Crippen LogP contribution in [-0.4, -0.2) is 30.7 Å². The van der Waals surface area contributed by atoms with Crippen molar-refractivity contribution in [2.75, 3.05) is 5.43 Å². The number of amides is 1. The van der Waals surface area contributed by atoms with Crippen molar-refractivity contribution in [3.8, 4) is 11.3 Å². The third kappa shape index (κ3) is 4.18. The van der Waals surface area contributed by atoms with E-state index < -0.39 is 11.5 Å². The topological polar surface area (TPSA) is 106 Å². The average molecular weight is 454 g/mol. The van der Waals surface area contributed by atoms with Gasteiger partial charge in [-0.3, -0.25) is 25.1 Å². The Morgan fingerprint density at radius 2 is 1.79 bits per heavy atom. The van der Waals surface area contributed by atoms with Gasteiger partial charge < -0.3 is 0 Å². The van der Waals surface area contributed by atoms with Crippen LogP contribution in [0.3, 0.4) is 0 Å². The van der Waals surface area contributed by atoms with Crippen molar-refractivity contribution in [2.24, 2.45) is 0 Å². The lowest BCUT2D eigenvalue weighted by Gasteiger charge is -2.13. The van der Waals surface area contributed by atoms with Crippen molar-refractivity contribution in [1.82, 2.24) is 24.8 Å². The van der Waals surface area contributed by atoms with E-state index in [2.05, 4.69) is 20.6 Å². The van der Waals surface area contributed by atoms with Gasteiger partial charge in [0.25, 0.3) is 11.5 Å². The number of hydrogen-bond donors (Lipinski definition) is 2. The molecule has 34 heavy (non-hydrogen) atoms. The molecule has 0 atom stereocenters. The Labute approximate surface area is 193 Å². The maximum Gasteiger partial charge on any atom is 0.298 e. The first kappa shape index (κ1) is 21.2. The van der Waals surface area contributed by atoms with Crippen molar-refractivity contribution in [3.63, 3.8) is 0 Å². The minimum Gasteiger partial charge on any atom is -0.270 e. The summed E-state index contributed by atoms with van der Waals surface area (Å²) in [4.78, 5) is 34.8. The molecular weight excluding hydrogens is 435 g/mol. The predicted molar refractivity (Wildman–Crippen MR) is 125 cm³/mol. The molecule has 0 radical (unpaired) electrons. The Bertz CT molecular complexity index is 1510. The van der Waals surface area contributed by atoms with Crippen LogP contribution in [0.2, 0.25) is 0 Å². The van der Waals surface area contributed by atoms with Crippen LogP contribution in [0.1, 0.15) is 21.7 Å². The van der Waals surface area contributed by atoms with Gasteiger partial charge >= 0.3 is 0 Å². The molecule has 1 amide bonds. The number of aromatic nitrogens is 5. The lowest BCUT2D eigenvalue weighted by atomic mass is 10.1. The van der Waals surface area contributed by atoms with Gasteiger partial charge in [-0.1, -0.05) is 30.3 Å². The summed E-state index contributed by atoms with van der Waals surface area (Å²) in [5, 5.41) is 6.97. The van der Waals surface area contributed by atoms with Gasteiger partial charge in [0.1, 0.15) is 22.9 Å². The normalized spacial score (nSPS) is 11.0. The minimum atomic E-state index is -0.494. The maximum atomic E-state index is 13.4. The highest BCUT2D eigenvalue weighted by molar-refractivity contribution is 6.00. The van der Waals surface area contributed by atoms with Crippen molar-refractivity contribution in [1.29, 1.82) is 0 Å². The molecule has 0 aliphatic carbocycles. The number of nitrogens with one attached hydrogen (secondary N) is 2. The van der Waals surface area contributed by atoms with Crippen LogP contribution >= 0.6 is 0 Å². The van der Waals surface area contributed by atoms with E-state index in [0.717, 1.165) is 10.2 Å². The minimum absolute atomic E-state index is 0.134. The number of aromatic amines is 1. The molecule has 0 fully saturated rings. The van der Waals surface area contributed by atoms with E-state index in [0.29, 0.717) is 41.0 Å². The molecule has 5 rings (SSSR count). The fraction of sp³-hybridized carbons (Fsp3) is 0.0800. The zero-order valence-electron chi connectivity index (χ0n) is 17.9. The Hall–Kier alpha value is -4.66. The summed E-state index contributed by atoms with van der Waals surface area (Å²) < 4.78 is 14.6. The van der Waals surface area contributed by atoms with Gasteiger partial charge in [-0.05, 0) is 48.4 Å². The van der Waals surface area contributed by atoms with Crippen LogP contribution < -0.4 is 11.0 Å². The number of hydrogen-bond acceptors (Lipinski definition) is 5. The molecule has 0 aliphatic heterocycles. The lowest BCUT2D eigenvalue weighted by Crippen LogP contribution is -2.36. The number of nitrogens with zero attached hydrogens (tertiary/aromatic N) is 4. The standard InChI is InChI=1S/C25H19FN6O2/c26-19-11-9-17(10-12-19)21-22-23(30-29-21)25(34)32(31-24(33)18-7-4-14-27-15-18)20(28-22)13-8-16-5-2-1-3-6-16/h1-7,9-12,14-15H,8,13H2,(H,29,30)(H,31,33). The number of fused-ring (bicyclic) bond motifs is 1. The smallest absolute Gasteiger partial charge is 0.270 e. The van der Waals surface area contributed by atoms with Crippen molar-refractivity contribution in [2.45, 2.75) is 12.8 Å². The molecule has 0 spiro atoms. The largest absolute Gasteiger partial charge is 0.298 e. The molecule has 0 saturated heterocycles. The van der Waals surface area contributed by atoms with Gasteiger partial charge in [0.05, 0.1) is 5.56 Å². The third-order valence-electron chi connectivity index (χ3n) is 5.39. The number of benzene rings is 2. The van der Waals surface area contributed by atoms with Crippen LogP contribution in [0.15, 0.2) is 83.9 Å². The first-order chi connectivity index (χ1) is 16.6. The third-order valence-corrected chi connectivity index (χ3v) is 5.39. The maximum absolute atomic E-state index is 13.4. The van der Waals surface area contributed by atoms with Crippen molar-refractivity contribution >= 4 is 16.9 Å². The van der Waals surface area contributed by atoms with E-state index in [-0.39, 0.29) is 11.3 Å². The Morgan fingerprint density at radius 3 is 2.53 bits per heavy atom. The number of H-pyrrole nitrogens is 1. The molecule has 9 heteroatoms. The lowest BCUT2D eigenvalue weighted by molar-refractivity contribution is 0.101. The van der Waals surface area contributed by atoms with E-state index >= 15 is 0 Å². The number of carbonyl (C=O) groups is 1. The van der Waals surface area contributed by atoms with Gasteiger partial charge in [0.2, 0.25) is 0 Å². The van der Waals surface area contributed by atoms with Crippen LogP contribution in [0.25, 0.3) is 22.3 Å². The molecule has 3 heterocycles. The second-order valence-corrected chi connectivity index (χ2v) is 7.64. The number of halogens is 1. The molecule has 0 saturated carbocycles. The van der Waals surface area contributed by atoms with Gasteiger partial charge in [-0.15, -0.1) is 0 Å². The monoisotopic (exact) mass is 454 g/mol. The fourth-order valence-corrected chi connectivity index (χ4v) is 3.66. The zero-order chi connectivity index (χ0) is 23.5. The summed E-state index contributed by atoms with van der Waals surface area (Å²) in [6.07, 6.45) is 3.96.